The van der Waals surface area contributed by atoms with Crippen molar-refractivity contribution in [2.75, 3.05) is 11.1 Å². The Hall–Kier alpha value is -1.75. The standard InChI is InChI=1S/C13H16N2O3/c14-7-1-3-10(9(5-7)13(16)17)15-11-6-8-2-4-12(11)18-8/h1,3,5,8,11-12,15H,2,4,6,14H2,(H,16,17). The molecule has 96 valence electrons. The maximum absolute atomic E-state index is 11.2. The van der Waals surface area contributed by atoms with Crippen LogP contribution in [0.15, 0.2) is 18.2 Å². The Labute approximate surface area is 105 Å². The summed E-state index contributed by atoms with van der Waals surface area (Å²) in [5.74, 6) is -0.964. The molecule has 1 aromatic rings. The normalized spacial score (nSPS) is 29.4. The summed E-state index contributed by atoms with van der Waals surface area (Å²) in [5.41, 5.74) is 6.92. The number of nitrogens with two attached hydrogens (primary N) is 1. The number of aromatic carboxylic acids is 1. The molecule has 5 nitrogen and oxygen atoms in total. The molecule has 2 heterocycles. The Kier molecular flexibility index (Phi) is 2.63. The molecule has 3 atom stereocenters. The fourth-order valence-electron chi connectivity index (χ4n) is 2.85. The summed E-state index contributed by atoms with van der Waals surface area (Å²) in [4.78, 5) is 11.2. The van der Waals surface area contributed by atoms with Gasteiger partial charge in [-0.15, -0.1) is 0 Å². The summed E-state index contributed by atoms with van der Waals surface area (Å²) in [6.07, 6.45) is 3.69. The minimum absolute atomic E-state index is 0.213. The highest BCUT2D eigenvalue weighted by Gasteiger charge is 2.40. The van der Waals surface area contributed by atoms with Crippen LogP contribution < -0.4 is 11.1 Å². The van der Waals surface area contributed by atoms with E-state index >= 15 is 0 Å². The topological polar surface area (TPSA) is 84.6 Å². The molecular formula is C13H16N2O3. The van der Waals surface area contributed by atoms with E-state index in [0.29, 0.717) is 17.5 Å². The first-order valence-electron chi connectivity index (χ1n) is 6.18. The monoisotopic (exact) mass is 248 g/mol. The van der Waals surface area contributed by atoms with E-state index in [-0.39, 0.29) is 17.7 Å². The minimum Gasteiger partial charge on any atom is -0.478 e. The molecule has 0 aromatic heterocycles. The van der Waals surface area contributed by atoms with E-state index in [9.17, 15) is 4.79 Å². The zero-order valence-corrected chi connectivity index (χ0v) is 9.93. The first-order valence-corrected chi connectivity index (χ1v) is 6.18. The van der Waals surface area contributed by atoms with E-state index in [0.717, 1.165) is 19.3 Å². The van der Waals surface area contributed by atoms with Crippen molar-refractivity contribution in [2.24, 2.45) is 0 Å². The number of rotatable bonds is 3. The Balaban J connectivity index is 1.82. The van der Waals surface area contributed by atoms with Gasteiger partial charge in [0.15, 0.2) is 0 Å². The predicted octanol–water partition coefficient (Wildman–Crippen LogP) is 1.70. The third-order valence-corrected chi connectivity index (χ3v) is 3.72. The highest BCUT2D eigenvalue weighted by molar-refractivity contribution is 5.95. The van der Waals surface area contributed by atoms with Crippen molar-refractivity contribution in [1.82, 2.24) is 0 Å². The fraction of sp³-hybridized carbons (Fsp3) is 0.462. The van der Waals surface area contributed by atoms with Crippen molar-refractivity contribution >= 4 is 17.3 Å². The number of fused-ring (bicyclic) bond motifs is 2. The molecule has 0 saturated carbocycles. The molecule has 0 radical (unpaired) electrons. The van der Waals surface area contributed by atoms with Crippen molar-refractivity contribution in [3.63, 3.8) is 0 Å². The zero-order chi connectivity index (χ0) is 12.7. The van der Waals surface area contributed by atoms with Crippen LogP contribution in [0.1, 0.15) is 29.6 Å². The van der Waals surface area contributed by atoms with Crippen LogP contribution in [-0.4, -0.2) is 29.3 Å². The van der Waals surface area contributed by atoms with Crippen molar-refractivity contribution in [1.29, 1.82) is 0 Å². The Bertz CT molecular complexity index is 489. The SMILES string of the molecule is Nc1ccc(NC2CC3CCC2O3)c(C(=O)O)c1. The van der Waals surface area contributed by atoms with Gasteiger partial charge in [0.2, 0.25) is 0 Å². The smallest absolute Gasteiger partial charge is 0.337 e. The van der Waals surface area contributed by atoms with E-state index < -0.39 is 5.97 Å². The summed E-state index contributed by atoms with van der Waals surface area (Å²) in [6, 6.07) is 5.14. The van der Waals surface area contributed by atoms with Crippen LogP contribution in [-0.2, 0) is 4.74 Å². The van der Waals surface area contributed by atoms with Gasteiger partial charge in [-0.05, 0) is 37.5 Å². The van der Waals surface area contributed by atoms with Gasteiger partial charge in [-0.2, -0.15) is 0 Å². The maximum atomic E-state index is 11.2. The molecular weight excluding hydrogens is 232 g/mol. The summed E-state index contributed by atoms with van der Waals surface area (Å²) in [6.45, 7) is 0. The number of carbonyl (C=O) groups is 1. The van der Waals surface area contributed by atoms with E-state index in [1.807, 2.05) is 0 Å². The predicted molar refractivity (Wildman–Crippen MR) is 67.7 cm³/mol. The molecule has 2 aliphatic heterocycles. The summed E-state index contributed by atoms with van der Waals surface area (Å²) in [5, 5.41) is 12.5. The van der Waals surface area contributed by atoms with Gasteiger partial charge in [0.25, 0.3) is 0 Å². The van der Waals surface area contributed by atoms with Crippen molar-refractivity contribution in [3.05, 3.63) is 23.8 Å². The van der Waals surface area contributed by atoms with Crippen LogP contribution in [0.5, 0.6) is 0 Å². The third kappa shape index (κ3) is 1.90. The molecule has 18 heavy (non-hydrogen) atoms. The zero-order valence-electron chi connectivity index (χ0n) is 9.93. The summed E-state index contributed by atoms with van der Waals surface area (Å²) >= 11 is 0. The number of nitrogens with one attached hydrogen (secondary N) is 1. The quantitative estimate of drug-likeness (QED) is 0.709. The lowest BCUT2D eigenvalue weighted by atomic mass is 9.95. The summed E-state index contributed by atoms with van der Waals surface area (Å²) < 4.78 is 5.75. The largest absolute Gasteiger partial charge is 0.478 e. The Morgan fingerprint density at radius 3 is 2.89 bits per heavy atom. The number of benzene rings is 1. The molecule has 3 unspecified atom stereocenters. The van der Waals surface area contributed by atoms with Crippen LogP contribution >= 0.6 is 0 Å². The van der Waals surface area contributed by atoms with Crippen LogP contribution in [0.25, 0.3) is 0 Å². The first-order chi connectivity index (χ1) is 8.63. The molecule has 4 N–H and O–H groups in total. The van der Waals surface area contributed by atoms with Crippen molar-refractivity contribution < 1.29 is 14.6 Å². The second-order valence-corrected chi connectivity index (χ2v) is 4.97. The second kappa shape index (κ2) is 4.17. The van der Waals surface area contributed by atoms with Crippen LogP contribution in [0, 0.1) is 0 Å². The molecule has 2 fully saturated rings. The van der Waals surface area contributed by atoms with Gasteiger partial charge in [0.1, 0.15) is 0 Å². The highest BCUT2D eigenvalue weighted by Crippen LogP contribution is 2.36. The van der Waals surface area contributed by atoms with E-state index in [1.54, 1.807) is 12.1 Å². The van der Waals surface area contributed by atoms with Gasteiger partial charge < -0.3 is 20.9 Å². The van der Waals surface area contributed by atoms with Crippen LogP contribution in [0.4, 0.5) is 11.4 Å². The maximum Gasteiger partial charge on any atom is 0.337 e. The Morgan fingerprint density at radius 2 is 2.28 bits per heavy atom. The van der Waals surface area contributed by atoms with Gasteiger partial charge in [-0.25, -0.2) is 4.79 Å². The number of carboxylic acid groups (broad SMARTS) is 1. The lowest BCUT2D eigenvalue weighted by molar-refractivity contribution is 0.0697. The second-order valence-electron chi connectivity index (χ2n) is 4.97. The molecule has 0 spiro atoms. The lowest BCUT2D eigenvalue weighted by Gasteiger charge is -2.22. The van der Waals surface area contributed by atoms with E-state index in [2.05, 4.69) is 5.32 Å². The molecule has 1 aromatic carbocycles. The molecule has 2 saturated heterocycles. The van der Waals surface area contributed by atoms with Crippen LogP contribution in [0.2, 0.25) is 0 Å². The highest BCUT2D eigenvalue weighted by atomic mass is 16.5. The molecule has 3 rings (SSSR count). The molecule has 2 bridgehead atoms. The van der Waals surface area contributed by atoms with Gasteiger partial charge >= 0.3 is 5.97 Å². The number of nitrogen functional groups attached to an aromatic ring is 1. The first kappa shape index (κ1) is 11.3. The van der Waals surface area contributed by atoms with Gasteiger partial charge in [-0.3, -0.25) is 0 Å². The molecule has 0 aliphatic carbocycles. The van der Waals surface area contributed by atoms with Crippen LogP contribution in [0.3, 0.4) is 0 Å². The van der Waals surface area contributed by atoms with E-state index in [4.69, 9.17) is 15.6 Å². The number of anilines is 2. The van der Waals surface area contributed by atoms with Crippen molar-refractivity contribution in [2.45, 2.75) is 37.5 Å². The Morgan fingerprint density at radius 1 is 1.44 bits per heavy atom. The number of ether oxygens (including phenoxy) is 1. The lowest BCUT2D eigenvalue weighted by Crippen LogP contribution is -2.31. The fourth-order valence-corrected chi connectivity index (χ4v) is 2.85. The number of carboxylic acids is 1. The molecule has 2 aliphatic rings. The molecule has 0 amide bonds. The number of hydrogen-bond acceptors (Lipinski definition) is 4. The minimum atomic E-state index is -0.964. The van der Waals surface area contributed by atoms with Gasteiger partial charge in [0.05, 0.1) is 23.8 Å². The van der Waals surface area contributed by atoms with Gasteiger partial charge in [0, 0.05) is 11.4 Å². The molecule has 5 heteroatoms. The number of hydrogen-bond donors (Lipinski definition) is 3. The van der Waals surface area contributed by atoms with E-state index in [1.165, 1.54) is 6.07 Å². The third-order valence-electron chi connectivity index (χ3n) is 3.72. The average Bonchev–Trinajstić information content (AvgIpc) is 2.93. The van der Waals surface area contributed by atoms with Gasteiger partial charge in [-0.1, -0.05) is 0 Å². The van der Waals surface area contributed by atoms with Crippen molar-refractivity contribution in [3.8, 4) is 0 Å². The average molecular weight is 248 g/mol. The summed E-state index contributed by atoms with van der Waals surface area (Å²) in [7, 11) is 0.